The van der Waals surface area contributed by atoms with E-state index in [1.165, 1.54) is 0 Å². The first-order valence-electron chi connectivity index (χ1n) is 4.14. The molecule has 0 unspecified atom stereocenters. The van der Waals surface area contributed by atoms with Gasteiger partial charge in [-0.15, -0.1) is 0 Å². The zero-order valence-corrected chi connectivity index (χ0v) is 6.75. The van der Waals surface area contributed by atoms with Gasteiger partial charge in [-0.05, 0) is 19.3 Å². The lowest BCUT2D eigenvalue weighted by atomic mass is 9.85. The summed E-state index contributed by atoms with van der Waals surface area (Å²) < 4.78 is 0. The van der Waals surface area contributed by atoms with Crippen LogP contribution >= 0.6 is 0 Å². The van der Waals surface area contributed by atoms with Gasteiger partial charge in [-0.3, -0.25) is 9.59 Å². The van der Waals surface area contributed by atoms with Crippen molar-refractivity contribution < 1.29 is 9.59 Å². The number of carbonyl (C=O) groups is 2. The van der Waals surface area contributed by atoms with Crippen molar-refractivity contribution in [3.8, 4) is 0 Å². The van der Waals surface area contributed by atoms with Crippen molar-refractivity contribution >= 4 is 12.6 Å². The minimum absolute atomic E-state index is 0.0622. The number of rotatable bonds is 2. The molecule has 2 nitrogen and oxygen atoms in total. The molecule has 0 atom stereocenters. The average molecular weight is 162 g/mol. The molecule has 0 radical (unpaired) electrons. The van der Waals surface area contributed by atoms with Crippen LogP contribution in [0.25, 0.3) is 0 Å². The monoisotopic (exact) mass is 162 g/mol. The van der Waals surface area contributed by atoms with Gasteiger partial charge in [0, 0.05) is 16.6 Å². The fourth-order valence-electron chi connectivity index (χ4n) is 1.84. The van der Waals surface area contributed by atoms with Gasteiger partial charge in [-0.1, -0.05) is 12.2 Å². The minimum atomic E-state index is 0.0622. The molecule has 0 N–H and O–H groups in total. The summed E-state index contributed by atoms with van der Waals surface area (Å²) in [5, 5.41) is 0. The van der Waals surface area contributed by atoms with Crippen molar-refractivity contribution in [1.82, 2.24) is 0 Å². The van der Waals surface area contributed by atoms with Crippen LogP contribution in [0, 0.1) is 5.41 Å². The summed E-state index contributed by atoms with van der Waals surface area (Å²) in [6.07, 6.45) is 8.41. The van der Waals surface area contributed by atoms with Crippen LogP contribution in [0.2, 0.25) is 0 Å². The molecular formula is C10H10O2. The van der Waals surface area contributed by atoms with Crippen molar-refractivity contribution in [1.29, 1.82) is 0 Å². The SMILES string of the molecule is O=CC1=C(C=O)C2(CC=C1)CC2. The molecule has 12 heavy (non-hydrogen) atoms. The van der Waals surface area contributed by atoms with Gasteiger partial charge < -0.3 is 0 Å². The topological polar surface area (TPSA) is 34.1 Å². The standard InChI is InChI=1S/C10H10O2/c11-6-8-2-1-3-10(4-5-10)9(8)7-12/h1-2,6-7H,3-5H2. The summed E-state index contributed by atoms with van der Waals surface area (Å²) >= 11 is 0. The Morgan fingerprint density at radius 1 is 1.25 bits per heavy atom. The van der Waals surface area contributed by atoms with E-state index >= 15 is 0 Å². The van der Waals surface area contributed by atoms with E-state index in [-0.39, 0.29) is 5.41 Å². The van der Waals surface area contributed by atoms with Crippen molar-refractivity contribution in [2.45, 2.75) is 19.3 Å². The molecule has 2 heteroatoms. The number of aldehydes is 2. The molecule has 2 aliphatic carbocycles. The third-order valence-electron chi connectivity index (χ3n) is 2.79. The van der Waals surface area contributed by atoms with Gasteiger partial charge in [-0.25, -0.2) is 0 Å². The molecule has 1 spiro atoms. The van der Waals surface area contributed by atoms with Crippen LogP contribution in [0.15, 0.2) is 23.3 Å². The van der Waals surface area contributed by atoms with Crippen LogP contribution in [0.4, 0.5) is 0 Å². The lowest BCUT2D eigenvalue weighted by molar-refractivity contribution is -0.107. The first-order chi connectivity index (χ1) is 5.82. The molecule has 0 aromatic heterocycles. The summed E-state index contributed by atoms with van der Waals surface area (Å²) in [4.78, 5) is 21.3. The third-order valence-corrected chi connectivity index (χ3v) is 2.79. The van der Waals surface area contributed by atoms with Crippen molar-refractivity contribution in [2.75, 3.05) is 0 Å². The van der Waals surface area contributed by atoms with Gasteiger partial charge in [0.2, 0.25) is 0 Å². The van der Waals surface area contributed by atoms with Crippen molar-refractivity contribution in [2.24, 2.45) is 5.41 Å². The van der Waals surface area contributed by atoms with Crippen LogP contribution in [0.3, 0.4) is 0 Å². The number of carbonyl (C=O) groups excluding carboxylic acids is 2. The van der Waals surface area contributed by atoms with Crippen LogP contribution < -0.4 is 0 Å². The number of hydrogen-bond donors (Lipinski definition) is 0. The van der Waals surface area contributed by atoms with Crippen LogP contribution in [-0.2, 0) is 9.59 Å². The molecule has 2 aliphatic rings. The summed E-state index contributed by atoms with van der Waals surface area (Å²) in [5.74, 6) is 0. The van der Waals surface area contributed by atoms with Gasteiger partial charge in [-0.2, -0.15) is 0 Å². The quantitative estimate of drug-likeness (QED) is 0.575. The maximum atomic E-state index is 10.7. The molecule has 0 heterocycles. The van der Waals surface area contributed by atoms with Gasteiger partial charge in [0.15, 0.2) is 0 Å². The third kappa shape index (κ3) is 0.876. The van der Waals surface area contributed by atoms with Crippen LogP contribution in [0.1, 0.15) is 19.3 Å². The summed E-state index contributed by atoms with van der Waals surface area (Å²) in [5.41, 5.74) is 1.36. The zero-order valence-electron chi connectivity index (χ0n) is 6.75. The zero-order chi connectivity index (χ0) is 8.60. The minimum Gasteiger partial charge on any atom is -0.298 e. The highest BCUT2D eigenvalue weighted by Crippen LogP contribution is 2.56. The molecule has 0 aliphatic heterocycles. The molecule has 62 valence electrons. The molecule has 0 aromatic rings. The Morgan fingerprint density at radius 2 is 2.00 bits per heavy atom. The molecule has 2 rings (SSSR count). The van der Waals surface area contributed by atoms with E-state index in [0.717, 1.165) is 37.4 Å². The lowest BCUT2D eigenvalue weighted by Gasteiger charge is -2.17. The lowest BCUT2D eigenvalue weighted by Crippen LogP contribution is -2.11. The van der Waals surface area contributed by atoms with Crippen molar-refractivity contribution in [3.05, 3.63) is 23.3 Å². The molecule has 0 aromatic carbocycles. The Labute approximate surface area is 71.0 Å². The van der Waals surface area contributed by atoms with Crippen LogP contribution in [0.5, 0.6) is 0 Å². The second-order valence-electron chi connectivity index (χ2n) is 3.49. The van der Waals surface area contributed by atoms with Gasteiger partial charge in [0.1, 0.15) is 12.6 Å². The second-order valence-corrected chi connectivity index (χ2v) is 3.49. The smallest absolute Gasteiger partial charge is 0.150 e. The van der Waals surface area contributed by atoms with Crippen molar-refractivity contribution in [3.63, 3.8) is 0 Å². The van der Waals surface area contributed by atoms with E-state index in [0.29, 0.717) is 5.57 Å². The Bertz CT molecular complexity index is 293. The van der Waals surface area contributed by atoms with E-state index < -0.39 is 0 Å². The fourth-order valence-corrected chi connectivity index (χ4v) is 1.84. The summed E-state index contributed by atoms with van der Waals surface area (Å²) in [6.45, 7) is 0. The molecule has 0 saturated heterocycles. The molecule has 0 bridgehead atoms. The van der Waals surface area contributed by atoms with E-state index in [4.69, 9.17) is 0 Å². The fraction of sp³-hybridized carbons (Fsp3) is 0.400. The van der Waals surface area contributed by atoms with Gasteiger partial charge >= 0.3 is 0 Å². The maximum Gasteiger partial charge on any atom is 0.150 e. The first-order valence-corrected chi connectivity index (χ1v) is 4.14. The van der Waals surface area contributed by atoms with Crippen LogP contribution in [-0.4, -0.2) is 12.6 Å². The van der Waals surface area contributed by atoms with E-state index in [1.807, 2.05) is 6.08 Å². The average Bonchev–Trinajstić information content (AvgIpc) is 2.85. The summed E-state index contributed by atoms with van der Waals surface area (Å²) in [7, 11) is 0. The highest BCUT2D eigenvalue weighted by molar-refractivity contribution is 5.91. The van der Waals surface area contributed by atoms with Gasteiger partial charge in [0.25, 0.3) is 0 Å². The molecular weight excluding hydrogens is 152 g/mol. The number of hydrogen-bond acceptors (Lipinski definition) is 2. The highest BCUT2D eigenvalue weighted by Gasteiger charge is 2.46. The predicted molar refractivity (Wildman–Crippen MR) is 44.6 cm³/mol. The van der Waals surface area contributed by atoms with E-state index in [9.17, 15) is 9.59 Å². The maximum absolute atomic E-state index is 10.7. The van der Waals surface area contributed by atoms with E-state index in [2.05, 4.69) is 0 Å². The Kier molecular flexibility index (Phi) is 1.50. The first kappa shape index (κ1) is 7.47. The Hall–Kier alpha value is -1.18. The second kappa shape index (κ2) is 2.41. The normalized spacial score (nSPS) is 24.3. The highest BCUT2D eigenvalue weighted by atomic mass is 16.1. The van der Waals surface area contributed by atoms with Gasteiger partial charge in [0.05, 0.1) is 0 Å². The Balaban J connectivity index is 2.46. The number of allylic oxidation sites excluding steroid dienone is 4. The molecule has 1 fully saturated rings. The summed E-state index contributed by atoms with van der Waals surface area (Å²) in [6, 6.07) is 0. The van der Waals surface area contributed by atoms with E-state index in [1.54, 1.807) is 6.08 Å². The molecule has 0 amide bonds. The largest absolute Gasteiger partial charge is 0.298 e. The predicted octanol–water partition coefficient (Wildman–Crippen LogP) is 1.42. The Morgan fingerprint density at radius 3 is 2.50 bits per heavy atom. The molecule has 1 saturated carbocycles.